The summed E-state index contributed by atoms with van der Waals surface area (Å²) in [5, 5.41) is 3.38. The number of rotatable bonds is 2. The number of hydrogen-bond acceptors (Lipinski definition) is 3. The summed E-state index contributed by atoms with van der Waals surface area (Å²) in [7, 11) is 0. The lowest BCUT2D eigenvalue weighted by molar-refractivity contribution is -0.130. The van der Waals surface area contributed by atoms with E-state index in [-0.39, 0.29) is 5.91 Å². The molecule has 0 aliphatic carbocycles. The van der Waals surface area contributed by atoms with Crippen molar-refractivity contribution in [3.8, 4) is 0 Å². The molecule has 2 aliphatic heterocycles. The van der Waals surface area contributed by atoms with Gasteiger partial charge in [-0.1, -0.05) is 12.1 Å². The highest BCUT2D eigenvalue weighted by Crippen LogP contribution is 2.28. The van der Waals surface area contributed by atoms with E-state index in [1.165, 1.54) is 6.42 Å². The Hall–Kier alpha value is -1.71. The topological polar surface area (TPSA) is 35.6 Å². The minimum atomic E-state index is 0.274. The van der Waals surface area contributed by atoms with Gasteiger partial charge in [0.05, 0.1) is 17.9 Å². The van der Waals surface area contributed by atoms with E-state index in [2.05, 4.69) is 22.3 Å². The highest BCUT2D eigenvalue weighted by molar-refractivity contribution is 5.84. The van der Waals surface area contributed by atoms with E-state index in [1.54, 1.807) is 0 Å². The number of carbonyl (C=O) groups is 1. The number of likely N-dealkylation sites (tertiary alicyclic amines) is 1. The van der Waals surface area contributed by atoms with E-state index in [0.29, 0.717) is 6.54 Å². The van der Waals surface area contributed by atoms with Crippen molar-refractivity contribution in [3.63, 3.8) is 0 Å². The molecule has 0 atom stereocenters. The molecular formula is C15H21N3O. The number of nitrogens with zero attached hydrogens (tertiary/aromatic N) is 2. The molecule has 2 heterocycles. The summed E-state index contributed by atoms with van der Waals surface area (Å²) in [6, 6.07) is 8.23. The standard InChI is InChI=1S/C15H21N3O/c19-15(17-9-4-1-5-10-17)12-18-11-8-16-13-6-2-3-7-14(13)18/h2-3,6-7,16H,1,4-5,8-12H2. The van der Waals surface area contributed by atoms with Gasteiger partial charge < -0.3 is 15.1 Å². The Morgan fingerprint density at radius 3 is 2.74 bits per heavy atom. The van der Waals surface area contributed by atoms with Gasteiger partial charge in [0.15, 0.2) is 0 Å². The predicted molar refractivity (Wildman–Crippen MR) is 77.6 cm³/mol. The van der Waals surface area contributed by atoms with Crippen LogP contribution in [0, 0.1) is 0 Å². The second kappa shape index (κ2) is 5.51. The van der Waals surface area contributed by atoms with Crippen molar-refractivity contribution in [3.05, 3.63) is 24.3 Å². The van der Waals surface area contributed by atoms with Crippen molar-refractivity contribution >= 4 is 17.3 Å². The van der Waals surface area contributed by atoms with Crippen molar-refractivity contribution < 1.29 is 4.79 Å². The maximum absolute atomic E-state index is 12.3. The quantitative estimate of drug-likeness (QED) is 0.881. The van der Waals surface area contributed by atoms with Crippen LogP contribution in [-0.2, 0) is 4.79 Å². The van der Waals surface area contributed by atoms with Gasteiger partial charge in [-0.2, -0.15) is 0 Å². The number of anilines is 2. The van der Waals surface area contributed by atoms with Crippen LogP contribution < -0.4 is 10.2 Å². The first-order valence-corrected chi connectivity index (χ1v) is 7.20. The summed E-state index contributed by atoms with van der Waals surface area (Å²) in [4.78, 5) is 16.6. The van der Waals surface area contributed by atoms with Crippen LogP contribution in [0.25, 0.3) is 0 Å². The first kappa shape index (κ1) is 12.3. The molecule has 0 spiro atoms. The largest absolute Gasteiger partial charge is 0.382 e. The van der Waals surface area contributed by atoms with Gasteiger partial charge in [0, 0.05) is 26.2 Å². The fourth-order valence-corrected chi connectivity index (χ4v) is 2.92. The number of hydrogen-bond donors (Lipinski definition) is 1. The zero-order chi connectivity index (χ0) is 13.1. The molecule has 0 saturated carbocycles. The summed E-state index contributed by atoms with van der Waals surface area (Å²) in [5.41, 5.74) is 2.29. The van der Waals surface area contributed by atoms with Gasteiger partial charge in [-0.05, 0) is 31.4 Å². The summed E-state index contributed by atoms with van der Waals surface area (Å²) in [6.45, 7) is 4.19. The lowest BCUT2D eigenvalue weighted by Gasteiger charge is -2.34. The van der Waals surface area contributed by atoms with Gasteiger partial charge >= 0.3 is 0 Å². The molecule has 1 saturated heterocycles. The number of fused-ring (bicyclic) bond motifs is 1. The Morgan fingerprint density at radius 1 is 1.11 bits per heavy atom. The Kier molecular flexibility index (Phi) is 3.58. The molecule has 1 N–H and O–H groups in total. The van der Waals surface area contributed by atoms with Crippen molar-refractivity contribution in [2.45, 2.75) is 19.3 Å². The van der Waals surface area contributed by atoms with Gasteiger partial charge in [-0.25, -0.2) is 0 Å². The lowest BCUT2D eigenvalue weighted by atomic mass is 10.1. The van der Waals surface area contributed by atoms with Crippen LogP contribution in [0.5, 0.6) is 0 Å². The molecule has 2 aliphatic rings. The van der Waals surface area contributed by atoms with Crippen LogP contribution in [0.4, 0.5) is 11.4 Å². The fourth-order valence-electron chi connectivity index (χ4n) is 2.92. The number of piperidine rings is 1. The number of nitrogens with one attached hydrogen (secondary N) is 1. The highest BCUT2D eigenvalue weighted by atomic mass is 16.2. The van der Waals surface area contributed by atoms with Crippen molar-refractivity contribution in [2.75, 3.05) is 42.9 Å². The molecule has 0 bridgehead atoms. The minimum absolute atomic E-state index is 0.274. The maximum Gasteiger partial charge on any atom is 0.242 e. The average molecular weight is 259 g/mol. The molecule has 102 valence electrons. The Balaban J connectivity index is 1.68. The van der Waals surface area contributed by atoms with Gasteiger partial charge in [0.25, 0.3) is 0 Å². The second-order valence-corrected chi connectivity index (χ2v) is 5.31. The smallest absolute Gasteiger partial charge is 0.242 e. The lowest BCUT2D eigenvalue weighted by Crippen LogP contribution is -2.45. The van der Waals surface area contributed by atoms with Crippen molar-refractivity contribution in [1.29, 1.82) is 0 Å². The fraction of sp³-hybridized carbons (Fsp3) is 0.533. The van der Waals surface area contributed by atoms with Crippen LogP contribution in [0.2, 0.25) is 0 Å². The molecule has 4 heteroatoms. The molecule has 1 fully saturated rings. The zero-order valence-corrected chi connectivity index (χ0v) is 11.3. The third kappa shape index (κ3) is 2.67. The summed E-state index contributed by atoms with van der Waals surface area (Å²) in [5.74, 6) is 0.274. The second-order valence-electron chi connectivity index (χ2n) is 5.31. The molecule has 1 aromatic rings. The molecule has 1 aromatic carbocycles. The molecule has 4 nitrogen and oxygen atoms in total. The zero-order valence-electron chi connectivity index (χ0n) is 11.3. The van der Waals surface area contributed by atoms with E-state index in [1.807, 2.05) is 17.0 Å². The SMILES string of the molecule is O=C(CN1CCNc2ccccc21)N1CCCCC1. The number of benzene rings is 1. The molecular weight excluding hydrogens is 238 g/mol. The number of para-hydroxylation sites is 2. The van der Waals surface area contributed by atoms with E-state index < -0.39 is 0 Å². The molecule has 19 heavy (non-hydrogen) atoms. The van der Waals surface area contributed by atoms with Gasteiger partial charge in [0.1, 0.15) is 0 Å². The molecule has 0 aromatic heterocycles. The number of carbonyl (C=O) groups excluding carboxylic acids is 1. The molecule has 3 rings (SSSR count). The predicted octanol–water partition coefficient (Wildman–Crippen LogP) is 1.93. The van der Waals surface area contributed by atoms with Gasteiger partial charge in [0.2, 0.25) is 5.91 Å². The van der Waals surface area contributed by atoms with E-state index in [0.717, 1.165) is 50.4 Å². The summed E-state index contributed by atoms with van der Waals surface area (Å²) in [6.07, 6.45) is 3.58. The number of amides is 1. The van der Waals surface area contributed by atoms with Crippen LogP contribution in [0.1, 0.15) is 19.3 Å². The first-order valence-electron chi connectivity index (χ1n) is 7.20. The summed E-state index contributed by atoms with van der Waals surface area (Å²) >= 11 is 0. The Morgan fingerprint density at radius 2 is 1.89 bits per heavy atom. The van der Waals surface area contributed by atoms with Gasteiger partial charge in [-0.15, -0.1) is 0 Å². The third-order valence-electron chi connectivity index (χ3n) is 3.98. The van der Waals surface area contributed by atoms with Crippen LogP contribution >= 0.6 is 0 Å². The highest BCUT2D eigenvalue weighted by Gasteiger charge is 2.22. The average Bonchev–Trinajstić information content (AvgIpc) is 2.48. The van der Waals surface area contributed by atoms with Crippen LogP contribution in [-0.4, -0.2) is 43.5 Å². The normalized spacial score (nSPS) is 18.7. The molecule has 0 radical (unpaired) electrons. The maximum atomic E-state index is 12.3. The molecule has 1 amide bonds. The summed E-state index contributed by atoms with van der Waals surface area (Å²) < 4.78 is 0. The molecule has 0 unspecified atom stereocenters. The van der Waals surface area contributed by atoms with E-state index >= 15 is 0 Å². The van der Waals surface area contributed by atoms with E-state index in [9.17, 15) is 4.79 Å². The monoisotopic (exact) mass is 259 g/mol. The minimum Gasteiger partial charge on any atom is -0.382 e. The van der Waals surface area contributed by atoms with Crippen molar-refractivity contribution in [2.24, 2.45) is 0 Å². The third-order valence-corrected chi connectivity index (χ3v) is 3.98. The van der Waals surface area contributed by atoms with Gasteiger partial charge in [-0.3, -0.25) is 4.79 Å². The Bertz CT molecular complexity index is 454. The van der Waals surface area contributed by atoms with Crippen LogP contribution in [0.3, 0.4) is 0 Å². The van der Waals surface area contributed by atoms with Crippen LogP contribution in [0.15, 0.2) is 24.3 Å². The van der Waals surface area contributed by atoms with Crippen molar-refractivity contribution in [1.82, 2.24) is 4.90 Å². The van der Waals surface area contributed by atoms with E-state index in [4.69, 9.17) is 0 Å². The Labute approximate surface area is 114 Å². The first-order chi connectivity index (χ1) is 9.34.